The second-order valence-electron chi connectivity index (χ2n) is 8.57. The van der Waals surface area contributed by atoms with E-state index in [1.54, 1.807) is 61.9 Å². The topological polar surface area (TPSA) is 105 Å². The van der Waals surface area contributed by atoms with Crippen LogP contribution in [0.25, 0.3) is 22.1 Å². The van der Waals surface area contributed by atoms with Gasteiger partial charge in [-0.25, -0.2) is 9.18 Å². The summed E-state index contributed by atoms with van der Waals surface area (Å²) in [4.78, 5) is 37.7. The van der Waals surface area contributed by atoms with Crippen LogP contribution in [-0.2, 0) is 11.3 Å². The van der Waals surface area contributed by atoms with E-state index in [1.807, 2.05) is 0 Å². The minimum atomic E-state index is -0.646. The maximum Gasteiger partial charge on any atom is 0.341 e. The summed E-state index contributed by atoms with van der Waals surface area (Å²) < 4.78 is 22.1. The number of likely N-dealkylation sites (N-methyl/N-ethyl adjacent to an activating group) is 1. The summed E-state index contributed by atoms with van der Waals surface area (Å²) in [7, 11) is 1.78. The first-order valence-electron chi connectivity index (χ1n) is 11.5. The molecule has 186 valence electrons. The molecule has 8 nitrogen and oxygen atoms in total. The lowest BCUT2D eigenvalue weighted by molar-refractivity contribution is -0.105. The van der Waals surface area contributed by atoms with Gasteiger partial charge in [0.25, 0.3) is 5.56 Å². The molecule has 0 bridgehead atoms. The minimum Gasteiger partial charge on any atom is -0.421 e. The smallest absolute Gasteiger partial charge is 0.341 e. The Labute approximate surface area is 206 Å². The quantitative estimate of drug-likeness (QED) is 0.320. The largest absolute Gasteiger partial charge is 0.421 e. The Bertz CT molecular complexity index is 1590. The van der Waals surface area contributed by atoms with Crippen LogP contribution in [0.5, 0.6) is 0 Å². The summed E-state index contributed by atoms with van der Waals surface area (Å²) in [6.45, 7) is 5.95. The molecule has 36 heavy (non-hydrogen) atoms. The van der Waals surface area contributed by atoms with Gasteiger partial charge >= 0.3 is 5.63 Å². The Kier molecular flexibility index (Phi) is 7.03. The molecule has 9 heteroatoms. The maximum atomic E-state index is 14.7. The molecule has 2 aromatic carbocycles. The lowest BCUT2D eigenvalue weighted by atomic mass is 9.99. The lowest BCUT2D eigenvalue weighted by Gasteiger charge is -2.20. The molecule has 4 aromatic rings. The maximum absolute atomic E-state index is 14.7. The van der Waals surface area contributed by atoms with Gasteiger partial charge in [-0.1, -0.05) is 18.2 Å². The lowest BCUT2D eigenvalue weighted by Crippen LogP contribution is -2.29. The highest BCUT2D eigenvalue weighted by Crippen LogP contribution is 2.36. The van der Waals surface area contributed by atoms with Crippen molar-refractivity contribution in [1.29, 1.82) is 0 Å². The first-order chi connectivity index (χ1) is 17.3. The Balaban J connectivity index is 2.10. The zero-order valence-corrected chi connectivity index (χ0v) is 20.5. The average Bonchev–Trinajstić information content (AvgIpc) is 2.84. The number of benzene rings is 2. The molecule has 2 aromatic heterocycles. The number of hydrogen-bond donors (Lipinski definition) is 3. The van der Waals surface area contributed by atoms with Crippen molar-refractivity contribution in [2.45, 2.75) is 27.3 Å². The van der Waals surface area contributed by atoms with Gasteiger partial charge in [0.15, 0.2) is 5.58 Å². The number of carbonyl (C=O) groups excluding carboxylic acids is 1. The van der Waals surface area contributed by atoms with Crippen molar-refractivity contribution in [1.82, 2.24) is 9.88 Å². The van der Waals surface area contributed by atoms with Crippen molar-refractivity contribution >= 4 is 34.4 Å². The highest BCUT2D eigenvalue weighted by molar-refractivity contribution is 6.01. The van der Waals surface area contributed by atoms with Crippen LogP contribution in [0, 0.1) is 26.6 Å². The van der Waals surface area contributed by atoms with Crippen molar-refractivity contribution in [3.63, 3.8) is 0 Å². The molecule has 4 rings (SSSR count). The van der Waals surface area contributed by atoms with Gasteiger partial charge < -0.3 is 24.9 Å². The second kappa shape index (κ2) is 10.2. The van der Waals surface area contributed by atoms with Crippen LogP contribution in [-0.4, -0.2) is 24.6 Å². The zero-order chi connectivity index (χ0) is 26.0. The fraction of sp³-hybridized carbons (Fsp3) is 0.222. The monoisotopic (exact) mass is 490 g/mol. The highest BCUT2D eigenvalue weighted by atomic mass is 19.1. The first-order valence-corrected chi connectivity index (χ1v) is 11.5. The van der Waals surface area contributed by atoms with E-state index < -0.39 is 11.4 Å². The van der Waals surface area contributed by atoms with Crippen LogP contribution >= 0.6 is 0 Å². The van der Waals surface area contributed by atoms with E-state index in [-0.39, 0.29) is 33.5 Å². The number of halogens is 1. The van der Waals surface area contributed by atoms with Gasteiger partial charge in [-0.2, -0.15) is 0 Å². The van der Waals surface area contributed by atoms with Crippen molar-refractivity contribution in [2.75, 3.05) is 24.2 Å². The van der Waals surface area contributed by atoms with Crippen molar-refractivity contribution in [2.24, 2.45) is 0 Å². The van der Waals surface area contributed by atoms with Crippen LogP contribution in [0.4, 0.5) is 21.5 Å². The summed E-state index contributed by atoms with van der Waals surface area (Å²) in [5.74, 6) is -0.508. The number of hydrogen-bond acceptors (Lipinski definition) is 6. The number of nitrogens with one attached hydrogen (secondary N) is 3. The third kappa shape index (κ3) is 4.52. The van der Waals surface area contributed by atoms with Gasteiger partial charge in [-0.3, -0.25) is 9.59 Å². The van der Waals surface area contributed by atoms with Gasteiger partial charge in [0.2, 0.25) is 6.41 Å². The van der Waals surface area contributed by atoms with Gasteiger partial charge in [-0.05, 0) is 63.2 Å². The summed E-state index contributed by atoms with van der Waals surface area (Å²) in [5.41, 5.74) is 2.59. The number of nitrogens with zero attached hydrogens (tertiary/aromatic N) is 1. The SMILES string of the molecule is CNCCn1c(C)c(-c2cccc(NC=O)c2)c2oc(=O)c(C)c(Nc3ccc(C)cc3F)c2c1=O. The molecule has 0 atom stereocenters. The van der Waals surface area contributed by atoms with Crippen molar-refractivity contribution in [3.05, 3.63) is 85.9 Å². The summed E-state index contributed by atoms with van der Waals surface area (Å²) in [6, 6.07) is 11.7. The highest BCUT2D eigenvalue weighted by Gasteiger charge is 2.24. The van der Waals surface area contributed by atoms with E-state index in [9.17, 15) is 18.8 Å². The van der Waals surface area contributed by atoms with E-state index in [0.717, 1.165) is 5.56 Å². The van der Waals surface area contributed by atoms with Gasteiger partial charge in [-0.15, -0.1) is 0 Å². The third-order valence-electron chi connectivity index (χ3n) is 6.15. The molecular formula is C27H27FN4O4. The van der Waals surface area contributed by atoms with E-state index in [2.05, 4.69) is 16.0 Å². The molecule has 0 aliphatic carbocycles. The zero-order valence-electron chi connectivity index (χ0n) is 20.5. The van der Waals surface area contributed by atoms with Crippen LogP contribution < -0.4 is 27.1 Å². The van der Waals surface area contributed by atoms with Crippen LogP contribution in [0.3, 0.4) is 0 Å². The molecule has 0 spiro atoms. The molecule has 0 aliphatic heterocycles. The van der Waals surface area contributed by atoms with E-state index in [4.69, 9.17) is 4.42 Å². The number of pyridine rings is 1. The van der Waals surface area contributed by atoms with E-state index in [1.165, 1.54) is 13.0 Å². The molecule has 0 fully saturated rings. The number of anilines is 3. The third-order valence-corrected chi connectivity index (χ3v) is 6.15. The molecule has 1 amide bonds. The number of carbonyl (C=O) groups is 1. The summed E-state index contributed by atoms with van der Waals surface area (Å²) >= 11 is 0. The number of amides is 1. The molecule has 0 aliphatic rings. The normalized spacial score (nSPS) is 11.0. The van der Waals surface area contributed by atoms with E-state index in [0.29, 0.717) is 42.0 Å². The fourth-order valence-corrected chi connectivity index (χ4v) is 4.27. The molecular weight excluding hydrogens is 463 g/mol. The minimum absolute atomic E-state index is 0.0899. The van der Waals surface area contributed by atoms with Gasteiger partial charge in [0.1, 0.15) is 11.2 Å². The van der Waals surface area contributed by atoms with Crippen LogP contribution in [0.1, 0.15) is 16.8 Å². The Morgan fingerprint density at radius 3 is 2.56 bits per heavy atom. The van der Waals surface area contributed by atoms with Crippen molar-refractivity contribution < 1.29 is 13.6 Å². The summed E-state index contributed by atoms with van der Waals surface area (Å²) in [6.07, 6.45) is 0.569. The number of aromatic nitrogens is 1. The molecule has 0 radical (unpaired) electrons. The number of fused-ring (bicyclic) bond motifs is 1. The predicted octanol–water partition coefficient (Wildman–Crippen LogP) is 4.22. The van der Waals surface area contributed by atoms with Crippen LogP contribution in [0.2, 0.25) is 0 Å². The number of aryl methyl sites for hydroxylation is 1. The van der Waals surface area contributed by atoms with Crippen molar-refractivity contribution in [3.8, 4) is 11.1 Å². The second-order valence-corrected chi connectivity index (χ2v) is 8.57. The average molecular weight is 491 g/mol. The Morgan fingerprint density at radius 2 is 1.86 bits per heavy atom. The Morgan fingerprint density at radius 1 is 1.08 bits per heavy atom. The first kappa shape index (κ1) is 24.9. The number of rotatable bonds is 8. The molecule has 0 saturated heterocycles. The molecule has 2 heterocycles. The molecule has 0 unspecified atom stereocenters. The van der Waals surface area contributed by atoms with Crippen LogP contribution in [0.15, 0.2) is 56.5 Å². The van der Waals surface area contributed by atoms with Gasteiger partial charge in [0.05, 0.1) is 16.9 Å². The van der Waals surface area contributed by atoms with E-state index >= 15 is 0 Å². The molecule has 0 saturated carbocycles. The fourth-order valence-electron chi connectivity index (χ4n) is 4.27. The standard InChI is InChI=1S/C27H27FN4O4/c1-15-8-9-21(20(28)12-15)31-24-16(2)27(35)36-25-22(18-6-5-7-19(13-18)30-14-33)17(3)32(11-10-29-4)26(34)23(24)25/h5-9,12-14,29,31H,10-11H2,1-4H3,(H,30,33). The molecule has 3 N–H and O–H groups in total. The van der Waals surface area contributed by atoms with Gasteiger partial charge in [0, 0.05) is 30.0 Å². The summed E-state index contributed by atoms with van der Waals surface area (Å²) in [5, 5.41) is 8.78. The Hall–Kier alpha value is -4.24. The predicted molar refractivity (Wildman–Crippen MR) is 140 cm³/mol.